The molecule has 0 heterocycles. The second-order valence-electron chi connectivity index (χ2n) is 4.67. The minimum atomic E-state index is -1.09. The highest BCUT2D eigenvalue weighted by molar-refractivity contribution is 6.33. The van der Waals surface area contributed by atoms with Crippen LogP contribution in [0.5, 0.6) is 5.75 Å². The number of nitrogens with one attached hydrogen (secondary N) is 1. The first-order valence-electron chi connectivity index (χ1n) is 6.56. The molecule has 0 bridgehead atoms. The van der Waals surface area contributed by atoms with E-state index in [1.54, 1.807) is 24.3 Å². The zero-order chi connectivity index (χ0) is 16.1. The van der Waals surface area contributed by atoms with Crippen molar-refractivity contribution in [3.63, 3.8) is 0 Å². The Morgan fingerprint density at radius 1 is 1.36 bits per heavy atom. The summed E-state index contributed by atoms with van der Waals surface area (Å²) in [5.74, 6) is -0.318. The van der Waals surface area contributed by atoms with Gasteiger partial charge in [-0.25, -0.2) is 4.39 Å². The van der Waals surface area contributed by atoms with Crippen molar-refractivity contribution in [2.24, 2.45) is 0 Å². The number of carbonyl (C=O) groups is 1. The molecule has 0 fully saturated rings. The van der Waals surface area contributed by atoms with Gasteiger partial charge in [0.2, 0.25) is 5.91 Å². The molecule has 2 N–H and O–H groups in total. The lowest BCUT2D eigenvalue weighted by molar-refractivity contribution is -0.118. The SMILES string of the molecule is COc1ccc(NC(=O)CC(O)c2cccc(F)c2)c(Cl)c1. The maximum Gasteiger partial charge on any atom is 0.227 e. The van der Waals surface area contributed by atoms with E-state index in [4.69, 9.17) is 16.3 Å². The Balaban J connectivity index is 2.01. The van der Waals surface area contributed by atoms with Crippen LogP contribution in [0, 0.1) is 5.82 Å². The van der Waals surface area contributed by atoms with E-state index < -0.39 is 17.8 Å². The average Bonchev–Trinajstić information content (AvgIpc) is 2.49. The highest BCUT2D eigenvalue weighted by Gasteiger charge is 2.15. The van der Waals surface area contributed by atoms with Crippen molar-refractivity contribution in [3.8, 4) is 5.75 Å². The number of hydrogen-bond donors (Lipinski definition) is 2. The van der Waals surface area contributed by atoms with E-state index in [0.717, 1.165) is 0 Å². The van der Waals surface area contributed by atoms with E-state index in [9.17, 15) is 14.3 Å². The normalized spacial score (nSPS) is 11.8. The summed E-state index contributed by atoms with van der Waals surface area (Å²) in [5.41, 5.74) is 0.759. The number of benzene rings is 2. The minimum Gasteiger partial charge on any atom is -0.497 e. The molecule has 1 atom stereocenters. The van der Waals surface area contributed by atoms with Gasteiger partial charge in [-0.3, -0.25) is 4.79 Å². The molecule has 22 heavy (non-hydrogen) atoms. The Hall–Kier alpha value is -2.11. The van der Waals surface area contributed by atoms with Crippen LogP contribution in [0.3, 0.4) is 0 Å². The highest BCUT2D eigenvalue weighted by atomic mass is 35.5. The first kappa shape index (κ1) is 16.3. The summed E-state index contributed by atoms with van der Waals surface area (Å²) in [4.78, 5) is 11.9. The van der Waals surface area contributed by atoms with Gasteiger partial charge in [0, 0.05) is 6.07 Å². The van der Waals surface area contributed by atoms with Crippen molar-refractivity contribution in [1.29, 1.82) is 0 Å². The monoisotopic (exact) mass is 323 g/mol. The number of rotatable bonds is 5. The number of carbonyl (C=O) groups excluding carboxylic acids is 1. The molecule has 0 aliphatic rings. The molecule has 0 aliphatic heterocycles. The quantitative estimate of drug-likeness (QED) is 0.884. The van der Waals surface area contributed by atoms with Crippen LogP contribution in [0.2, 0.25) is 5.02 Å². The molecule has 0 saturated carbocycles. The van der Waals surface area contributed by atoms with Crippen LogP contribution in [-0.4, -0.2) is 18.1 Å². The molecule has 0 aromatic heterocycles. The van der Waals surface area contributed by atoms with E-state index >= 15 is 0 Å². The maximum absolute atomic E-state index is 13.1. The first-order valence-corrected chi connectivity index (χ1v) is 6.94. The number of hydrogen-bond acceptors (Lipinski definition) is 3. The van der Waals surface area contributed by atoms with Crippen molar-refractivity contribution in [2.75, 3.05) is 12.4 Å². The molecule has 2 aromatic carbocycles. The lowest BCUT2D eigenvalue weighted by Gasteiger charge is -2.12. The van der Waals surface area contributed by atoms with Crippen LogP contribution in [0.4, 0.5) is 10.1 Å². The van der Waals surface area contributed by atoms with Crippen LogP contribution < -0.4 is 10.1 Å². The summed E-state index contributed by atoms with van der Waals surface area (Å²) in [5, 5.41) is 12.9. The third-order valence-corrected chi connectivity index (χ3v) is 3.38. The Morgan fingerprint density at radius 2 is 2.14 bits per heavy atom. The van der Waals surface area contributed by atoms with Gasteiger partial charge in [-0.1, -0.05) is 23.7 Å². The predicted octanol–water partition coefficient (Wildman–Crippen LogP) is 3.55. The number of aliphatic hydroxyl groups is 1. The predicted molar refractivity (Wildman–Crippen MR) is 82.6 cm³/mol. The van der Waals surface area contributed by atoms with Gasteiger partial charge in [-0.05, 0) is 29.8 Å². The summed E-state index contributed by atoms with van der Waals surface area (Å²) in [7, 11) is 1.51. The largest absolute Gasteiger partial charge is 0.497 e. The number of amides is 1. The Labute approximate surface area is 132 Å². The van der Waals surface area contributed by atoms with Crippen LogP contribution in [0.15, 0.2) is 42.5 Å². The van der Waals surface area contributed by atoms with E-state index in [1.807, 2.05) is 0 Å². The summed E-state index contributed by atoms with van der Waals surface area (Å²) in [6, 6.07) is 10.3. The minimum absolute atomic E-state index is 0.203. The first-order chi connectivity index (χ1) is 10.5. The van der Waals surface area contributed by atoms with Gasteiger partial charge in [0.1, 0.15) is 11.6 Å². The summed E-state index contributed by atoms with van der Waals surface area (Å²) < 4.78 is 18.1. The third-order valence-electron chi connectivity index (χ3n) is 3.06. The average molecular weight is 324 g/mol. The van der Waals surface area contributed by atoms with E-state index in [2.05, 4.69) is 5.32 Å². The molecule has 2 rings (SSSR count). The molecular formula is C16H15ClFNO3. The van der Waals surface area contributed by atoms with Crippen molar-refractivity contribution in [2.45, 2.75) is 12.5 Å². The molecule has 0 radical (unpaired) electrons. The molecule has 4 nitrogen and oxygen atoms in total. The summed E-state index contributed by atoms with van der Waals surface area (Å²) in [6.07, 6.45) is -1.29. The second-order valence-corrected chi connectivity index (χ2v) is 5.08. The number of halogens is 2. The molecule has 0 saturated heterocycles. The van der Waals surface area contributed by atoms with Crippen LogP contribution in [0.1, 0.15) is 18.1 Å². The second kappa shape index (κ2) is 7.24. The van der Waals surface area contributed by atoms with Gasteiger partial charge in [0.25, 0.3) is 0 Å². The number of methoxy groups -OCH3 is 1. The topological polar surface area (TPSA) is 58.6 Å². The van der Waals surface area contributed by atoms with Crippen molar-refractivity contribution < 1.29 is 19.0 Å². The lowest BCUT2D eigenvalue weighted by Crippen LogP contribution is -2.15. The maximum atomic E-state index is 13.1. The van der Waals surface area contributed by atoms with Gasteiger partial charge in [-0.15, -0.1) is 0 Å². The Morgan fingerprint density at radius 3 is 2.77 bits per heavy atom. The lowest BCUT2D eigenvalue weighted by atomic mass is 10.1. The fourth-order valence-corrected chi connectivity index (χ4v) is 2.15. The smallest absolute Gasteiger partial charge is 0.227 e. The Bertz CT molecular complexity index is 678. The van der Waals surface area contributed by atoms with Gasteiger partial charge in [0.05, 0.1) is 30.3 Å². The molecule has 1 amide bonds. The van der Waals surface area contributed by atoms with Gasteiger partial charge >= 0.3 is 0 Å². The fourth-order valence-electron chi connectivity index (χ4n) is 1.93. The van der Waals surface area contributed by atoms with Crippen LogP contribution >= 0.6 is 11.6 Å². The Kier molecular flexibility index (Phi) is 5.35. The molecular weight excluding hydrogens is 309 g/mol. The summed E-state index contributed by atoms with van der Waals surface area (Å²) in [6.45, 7) is 0. The van der Waals surface area contributed by atoms with Gasteiger partial charge < -0.3 is 15.2 Å². The summed E-state index contributed by atoms with van der Waals surface area (Å²) >= 11 is 6.02. The van der Waals surface area contributed by atoms with E-state index in [1.165, 1.54) is 25.3 Å². The molecule has 116 valence electrons. The fraction of sp³-hybridized carbons (Fsp3) is 0.188. The number of aliphatic hydroxyl groups excluding tert-OH is 1. The standard InChI is InChI=1S/C16H15ClFNO3/c1-22-12-5-6-14(13(17)8-12)19-16(21)9-15(20)10-3-2-4-11(18)7-10/h2-8,15,20H,9H2,1H3,(H,19,21). The van der Waals surface area contributed by atoms with Crippen molar-refractivity contribution in [1.82, 2.24) is 0 Å². The zero-order valence-electron chi connectivity index (χ0n) is 11.8. The number of ether oxygens (including phenoxy) is 1. The number of anilines is 1. The molecule has 2 aromatic rings. The highest BCUT2D eigenvalue weighted by Crippen LogP contribution is 2.27. The van der Waals surface area contributed by atoms with Crippen LogP contribution in [-0.2, 0) is 4.79 Å². The van der Waals surface area contributed by atoms with E-state index in [0.29, 0.717) is 22.0 Å². The molecule has 6 heteroatoms. The van der Waals surface area contributed by atoms with E-state index in [-0.39, 0.29) is 6.42 Å². The molecule has 1 unspecified atom stereocenters. The molecule has 0 aliphatic carbocycles. The van der Waals surface area contributed by atoms with Crippen molar-refractivity contribution >= 4 is 23.2 Å². The van der Waals surface area contributed by atoms with Crippen LogP contribution in [0.25, 0.3) is 0 Å². The third kappa shape index (κ3) is 4.19. The molecule has 0 spiro atoms. The van der Waals surface area contributed by atoms with Crippen molar-refractivity contribution in [3.05, 3.63) is 58.9 Å². The van der Waals surface area contributed by atoms with Gasteiger partial charge in [0.15, 0.2) is 0 Å². The zero-order valence-corrected chi connectivity index (χ0v) is 12.6. The van der Waals surface area contributed by atoms with Gasteiger partial charge in [-0.2, -0.15) is 0 Å².